The standard InChI is InChI=1S/C26H27N5O4S2.C24H26N4O3S2.C21H18Cl2N4O3S2.C19H18N2O4S.C3H4N2S.5H2/c1-17-4-9-23-20(14-17)15-18(2)31(23)19(3)25(33)29-11-12-30(24(32)16-29)21-5-7-22(8-6-21)37(34,35)28-26-27-10-13-36-26;1-17-4-9-22-18(15-17)3-2-12-28(22)23(29)19-10-13-27(16-19)20-5-7-21(8-6-20)33(30,31)26-24-25-11-14-32-24;22-16-11-13-5-8-27(19(13)12-17(16)23)18-6-9-26(20(18)28)14-1-3-15(4-2-14)32(29,30)25-21-24-7-10-31-21;22-18-12-17(20-11-3-5-13-4-1-2-6-16(13)20)19(23)21(18)14-7-9-15(10-8-14)26(24)25;4-3-5-1-2-6-3;;;;;/h4-10,13-15,19H,11-12,16H2,1-3H3,(H,27,28);4-9,11,14-15,19H,2-3,10,12-13,16H2,1H3,(H,25,26);1-4,7,10-12,18H,5-6,8-9H2,(H,24,25);1-2,4,6-10,17H,3,5,11-12H2,(H,24,25);1-2H,(H2,4,5);5*1H/p-1/t;;18-;;;;;;;/m..0......./s1. The average molecular weight is 2010 g/mol. The zero-order valence-corrected chi connectivity index (χ0v) is 80.9. The van der Waals surface area contributed by atoms with Crippen LogP contribution in [0.2, 0.25) is 10.0 Å². The summed E-state index contributed by atoms with van der Waals surface area (Å²) in [6, 6.07) is 50.0. The molecule has 134 heavy (non-hydrogen) atoms. The van der Waals surface area contributed by atoms with Crippen molar-refractivity contribution in [2.45, 2.75) is 117 Å². The number of amides is 6. The summed E-state index contributed by atoms with van der Waals surface area (Å²) in [5.74, 6) is -0.736. The topological polar surface area (TPSA) is 389 Å². The molecule has 31 nitrogen and oxygen atoms in total. The van der Waals surface area contributed by atoms with Crippen molar-refractivity contribution in [3.05, 3.63) is 266 Å². The molecule has 13 aromatic rings. The molecule has 6 amide bonds. The van der Waals surface area contributed by atoms with Gasteiger partial charge in [0.2, 0.25) is 29.5 Å². The number of hydrogen-bond acceptors (Lipinski definition) is 26. The third-order valence-electron chi connectivity index (χ3n) is 24.0. The van der Waals surface area contributed by atoms with Crippen LogP contribution >= 0.6 is 68.5 Å². The lowest BCUT2D eigenvalue weighted by Gasteiger charge is -2.36. The zero-order valence-electron chi connectivity index (χ0n) is 72.8. The van der Waals surface area contributed by atoms with Crippen molar-refractivity contribution in [1.82, 2.24) is 29.4 Å². The van der Waals surface area contributed by atoms with Gasteiger partial charge in [0.05, 0.1) is 42.8 Å². The number of sulfonamides is 3. The van der Waals surface area contributed by atoms with Crippen molar-refractivity contribution in [1.29, 1.82) is 0 Å². The third-order valence-corrected chi connectivity index (χ3v) is 32.5. The first-order chi connectivity index (χ1) is 64.3. The fraction of sp³-hybridized carbons (Fsp3) is 0.269. The van der Waals surface area contributed by atoms with Crippen molar-refractivity contribution in [2.24, 2.45) is 5.92 Å². The van der Waals surface area contributed by atoms with E-state index in [9.17, 15) is 62.8 Å². The number of carbonyl (C=O) groups excluding carboxylic acids is 6. The number of imide groups is 1. The lowest BCUT2D eigenvalue weighted by atomic mass is 9.97. The smallest absolute Gasteiger partial charge is 0.263 e. The maximum absolute atomic E-state index is 13.4. The van der Waals surface area contributed by atoms with Crippen molar-refractivity contribution >= 4 is 216 Å². The number of halogens is 2. The summed E-state index contributed by atoms with van der Waals surface area (Å²) in [5, 5.41) is 10.6. The first kappa shape index (κ1) is 95.1. The molecule has 8 aromatic carbocycles. The van der Waals surface area contributed by atoms with Gasteiger partial charge in [-0.1, -0.05) is 70.7 Å². The van der Waals surface area contributed by atoms with Crippen LogP contribution in [0.3, 0.4) is 0 Å². The number of rotatable bonds is 19. The second-order valence-electron chi connectivity index (χ2n) is 32.6. The molecule has 20 rings (SSSR count). The Hall–Kier alpha value is -12.0. The number of para-hydroxylation sites is 1. The fourth-order valence-corrected chi connectivity index (χ4v) is 24.0. The van der Waals surface area contributed by atoms with Crippen LogP contribution < -0.4 is 54.2 Å². The Bertz CT molecular complexity index is 6920. The normalized spacial score (nSPS) is 17.6. The van der Waals surface area contributed by atoms with Crippen LogP contribution in [0, 0.1) is 26.7 Å². The predicted octanol–water partition coefficient (Wildman–Crippen LogP) is 16.4. The van der Waals surface area contributed by atoms with E-state index in [4.69, 9.17) is 28.9 Å². The number of nitrogens with zero attached hydrogens (tertiary/aromatic N) is 13. The van der Waals surface area contributed by atoms with Gasteiger partial charge in [-0.15, -0.1) is 45.3 Å². The minimum atomic E-state index is -3.78. The number of aryl methyl sites for hydroxylation is 5. The van der Waals surface area contributed by atoms with Gasteiger partial charge in [0, 0.05) is 161 Å². The molecular weight excluding hydrogens is 1910 g/mol. The number of nitrogens with two attached hydrogens (primary N) is 1. The van der Waals surface area contributed by atoms with Gasteiger partial charge in [0.25, 0.3) is 36.0 Å². The van der Waals surface area contributed by atoms with E-state index < -0.39 is 53.2 Å². The molecule has 4 saturated heterocycles. The highest BCUT2D eigenvalue weighted by Crippen LogP contribution is 2.42. The third kappa shape index (κ3) is 21.4. The molecule has 7 aliphatic heterocycles. The van der Waals surface area contributed by atoms with Gasteiger partial charge >= 0.3 is 0 Å². The molecule has 0 radical (unpaired) electrons. The second-order valence-corrected chi connectivity index (χ2v) is 43.0. The minimum Gasteiger partial charge on any atom is -0.768 e. The van der Waals surface area contributed by atoms with E-state index in [0.29, 0.717) is 75.1 Å². The number of piperazine rings is 1. The van der Waals surface area contributed by atoms with Gasteiger partial charge in [-0.25, -0.2) is 50.1 Å². The first-order valence-corrected chi connectivity index (χ1v) is 52.7. The van der Waals surface area contributed by atoms with Gasteiger partial charge in [-0.3, -0.25) is 47.1 Å². The fourth-order valence-electron chi connectivity index (χ4n) is 17.6. The molecular formula is C93H102Cl2N17O14S8-. The van der Waals surface area contributed by atoms with Gasteiger partial charge < -0.3 is 49.2 Å². The van der Waals surface area contributed by atoms with Crippen molar-refractivity contribution < 1.29 is 69.9 Å². The summed E-state index contributed by atoms with van der Waals surface area (Å²) in [6.45, 7) is 12.9. The number of anilines is 11. The van der Waals surface area contributed by atoms with Crippen LogP contribution in [0.4, 0.5) is 60.3 Å². The number of thiazole rings is 4. The summed E-state index contributed by atoms with van der Waals surface area (Å²) in [6.07, 6.45) is 12.6. The predicted molar refractivity (Wildman–Crippen MR) is 537 cm³/mol. The van der Waals surface area contributed by atoms with E-state index >= 15 is 0 Å². The van der Waals surface area contributed by atoms with E-state index in [0.717, 1.165) is 115 Å². The molecule has 12 heterocycles. The lowest BCUT2D eigenvalue weighted by Crippen LogP contribution is -2.53. The Morgan fingerprint density at radius 2 is 1.07 bits per heavy atom. The zero-order chi connectivity index (χ0) is 94.4. The van der Waals surface area contributed by atoms with Crippen LogP contribution in [0.5, 0.6) is 0 Å². The average Bonchev–Trinajstić information content (AvgIpc) is 1.60. The highest BCUT2D eigenvalue weighted by Gasteiger charge is 2.45. The minimum absolute atomic E-state index is 0. The summed E-state index contributed by atoms with van der Waals surface area (Å²) in [4.78, 5) is 109. The Morgan fingerprint density at radius 1 is 0.522 bits per heavy atom. The van der Waals surface area contributed by atoms with E-state index in [1.165, 1.54) is 128 Å². The Labute approximate surface area is 811 Å². The molecule has 4 unspecified atom stereocenters. The maximum atomic E-state index is 13.4. The van der Waals surface area contributed by atoms with Crippen LogP contribution in [-0.2, 0) is 89.2 Å². The molecule has 7 aliphatic rings. The molecule has 5 N–H and O–H groups in total. The molecule has 4 fully saturated rings. The molecule has 0 spiro atoms. The number of carbonyl (C=O) groups is 6. The molecule has 0 aliphatic carbocycles. The highest BCUT2D eigenvalue weighted by molar-refractivity contribution is 7.93. The van der Waals surface area contributed by atoms with Crippen LogP contribution in [0.25, 0.3) is 10.9 Å². The number of nitrogen functional groups attached to an aromatic ring is 1. The maximum Gasteiger partial charge on any atom is 0.263 e. The molecule has 5 atom stereocenters. The number of nitrogens with one attached hydrogen (secondary N) is 3. The molecule has 0 saturated carbocycles. The van der Waals surface area contributed by atoms with E-state index in [1.807, 2.05) is 95.1 Å². The van der Waals surface area contributed by atoms with Gasteiger partial charge in [0.1, 0.15) is 24.7 Å². The van der Waals surface area contributed by atoms with Gasteiger partial charge in [-0.05, 0) is 240 Å². The summed E-state index contributed by atoms with van der Waals surface area (Å²) in [5.41, 5.74) is 18.7. The monoisotopic (exact) mass is 2010 g/mol. The Morgan fingerprint density at radius 3 is 1.65 bits per heavy atom. The Kier molecular flexibility index (Phi) is 29.1. The molecule has 5 aromatic heterocycles. The number of hydrogen-bond donors (Lipinski definition) is 4. The van der Waals surface area contributed by atoms with E-state index in [-0.39, 0.29) is 92.2 Å². The van der Waals surface area contributed by atoms with E-state index in [2.05, 4.69) is 87.2 Å². The summed E-state index contributed by atoms with van der Waals surface area (Å²) >= 11 is 15.1. The highest BCUT2D eigenvalue weighted by atomic mass is 35.5. The van der Waals surface area contributed by atoms with Crippen molar-refractivity contribution in [2.75, 3.05) is 113 Å². The number of fused-ring (bicyclic) bond motifs is 4. The van der Waals surface area contributed by atoms with Crippen LogP contribution in [0.1, 0.15) is 85.7 Å². The van der Waals surface area contributed by atoms with Crippen molar-refractivity contribution in [3.8, 4) is 0 Å². The number of aromatic nitrogens is 5. The SMILES string of the molecule is Cc1ccc2c(c1)CCCN2C(=O)C1CCN(c2ccc(S(=O)(=O)Nc3nccs3)cc2)C1.Cc1ccc2c(c1)cc(C)n2C(C)C(=O)N1CCN(c2ccc(S(=O)(=O)Nc3nccs3)cc2)C(=O)C1.Nc1nccs1.O=C1CC(N2CCCc3ccccc32)C(=O)N1c1ccc(S(=O)[O-])cc1.O=C1[C@@H](N2CCc3cc(Cl)c(Cl)cc32)CCN1c1ccc(S(=O)(=O)Nc2nccs2)cc1.[HH].[HH].[HH].[HH].[HH]. The van der Waals surface area contributed by atoms with E-state index in [1.54, 1.807) is 79.6 Å². The summed E-state index contributed by atoms with van der Waals surface area (Å²) < 4.78 is 107. The first-order valence-electron chi connectivity index (χ1n) is 42.9. The van der Waals surface area contributed by atoms with Crippen LogP contribution in [0.15, 0.2) is 242 Å². The van der Waals surface area contributed by atoms with Crippen molar-refractivity contribution in [3.63, 3.8) is 0 Å². The molecule has 0 bridgehead atoms. The second kappa shape index (κ2) is 41.0. The Balaban J connectivity index is 0.000000172. The van der Waals surface area contributed by atoms with Gasteiger partial charge in [0.15, 0.2) is 20.5 Å². The summed E-state index contributed by atoms with van der Waals surface area (Å²) in [7, 11) is -11.2. The number of benzene rings is 8. The van der Waals surface area contributed by atoms with Crippen LogP contribution in [-0.4, -0.2) is 170 Å². The lowest BCUT2D eigenvalue weighted by molar-refractivity contribution is -0.139. The quantitative estimate of drug-likeness (QED) is 0.0431. The largest absolute Gasteiger partial charge is 0.768 e. The van der Waals surface area contributed by atoms with Gasteiger partial charge in [-0.2, -0.15) is 0 Å². The molecule has 706 valence electrons. The molecule has 41 heteroatoms.